The Kier molecular flexibility index (Phi) is 6.36. The summed E-state index contributed by atoms with van der Waals surface area (Å²) in [5.41, 5.74) is 2.23. The lowest BCUT2D eigenvalue weighted by Crippen LogP contribution is -2.41. The molecule has 0 radical (unpaired) electrons. The lowest BCUT2D eigenvalue weighted by atomic mass is 10.0. The van der Waals surface area contributed by atoms with Gasteiger partial charge < -0.3 is 14.1 Å². The molecule has 1 aliphatic heterocycles. The zero-order valence-corrected chi connectivity index (χ0v) is 19.5. The van der Waals surface area contributed by atoms with E-state index >= 15 is 0 Å². The number of ketones is 1. The first-order valence-electron chi connectivity index (χ1n) is 11.7. The van der Waals surface area contributed by atoms with Crippen molar-refractivity contribution in [3.05, 3.63) is 72.6 Å². The third-order valence-corrected chi connectivity index (χ3v) is 6.39. The molecule has 0 saturated carbocycles. The Bertz CT molecular complexity index is 1280. The van der Waals surface area contributed by atoms with Gasteiger partial charge in [-0.2, -0.15) is 0 Å². The Morgan fingerprint density at radius 1 is 1.09 bits per heavy atom. The van der Waals surface area contributed by atoms with Crippen molar-refractivity contribution >= 4 is 16.6 Å². The summed E-state index contributed by atoms with van der Waals surface area (Å²) < 4.78 is 11.5. The smallest absolute Gasteiger partial charge is 0.214 e. The topological polar surface area (TPSA) is 81.4 Å². The van der Waals surface area contributed by atoms with Crippen LogP contribution in [0.25, 0.3) is 22.1 Å². The molecule has 1 aliphatic rings. The second kappa shape index (κ2) is 9.73. The Morgan fingerprint density at radius 2 is 1.94 bits per heavy atom. The molecule has 5 rings (SSSR count). The number of benzene rings is 1. The SMILES string of the molecule is CC(C)N1CCC(Oc2cc(C(=O)Cc3cc4cc(-c5cnco5)ccc4cn3)ccn2)CC1. The number of pyridine rings is 2. The molecule has 0 atom stereocenters. The van der Waals surface area contributed by atoms with Crippen LogP contribution in [0.3, 0.4) is 0 Å². The van der Waals surface area contributed by atoms with Gasteiger partial charge in [0.25, 0.3) is 0 Å². The number of ether oxygens (including phenoxy) is 1. The Hall–Kier alpha value is -3.58. The molecule has 7 heteroatoms. The van der Waals surface area contributed by atoms with Gasteiger partial charge in [-0.25, -0.2) is 9.97 Å². The van der Waals surface area contributed by atoms with Crippen molar-refractivity contribution < 1.29 is 13.9 Å². The molecular weight excluding hydrogens is 428 g/mol. The molecule has 1 aromatic carbocycles. The first-order valence-corrected chi connectivity index (χ1v) is 11.7. The van der Waals surface area contributed by atoms with E-state index < -0.39 is 0 Å². The minimum absolute atomic E-state index is 0.0138. The fourth-order valence-electron chi connectivity index (χ4n) is 4.39. The molecule has 7 nitrogen and oxygen atoms in total. The van der Waals surface area contributed by atoms with Crippen LogP contribution >= 0.6 is 0 Å². The second-order valence-electron chi connectivity index (χ2n) is 9.03. The number of rotatable bonds is 7. The van der Waals surface area contributed by atoms with Crippen LogP contribution in [-0.4, -0.2) is 50.9 Å². The lowest BCUT2D eigenvalue weighted by molar-refractivity contribution is 0.0809. The Morgan fingerprint density at radius 3 is 2.71 bits per heavy atom. The van der Waals surface area contributed by atoms with Crippen molar-refractivity contribution in [2.45, 2.75) is 45.3 Å². The van der Waals surface area contributed by atoms with Crippen molar-refractivity contribution in [3.63, 3.8) is 0 Å². The summed E-state index contributed by atoms with van der Waals surface area (Å²) in [5, 5.41) is 2.00. The van der Waals surface area contributed by atoms with E-state index in [-0.39, 0.29) is 18.3 Å². The maximum Gasteiger partial charge on any atom is 0.214 e. The van der Waals surface area contributed by atoms with Crippen molar-refractivity contribution in [2.24, 2.45) is 0 Å². The van der Waals surface area contributed by atoms with E-state index in [0.29, 0.717) is 28.9 Å². The quantitative estimate of drug-likeness (QED) is 0.364. The van der Waals surface area contributed by atoms with Crippen LogP contribution in [0, 0.1) is 0 Å². The highest BCUT2D eigenvalue weighted by atomic mass is 16.5. The minimum Gasteiger partial charge on any atom is -0.474 e. The highest BCUT2D eigenvalue weighted by Gasteiger charge is 2.22. The molecule has 34 heavy (non-hydrogen) atoms. The van der Waals surface area contributed by atoms with Crippen LogP contribution < -0.4 is 4.74 Å². The van der Waals surface area contributed by atoms with Gasteiger partial charge in [0.15, 0.2) is 17.9 Å². The third kappa shape index (κ3) is 4.99. The molecular formula is C27H28N4O3. The number of Topliss-reactive ketones (excluding diaryl/α,β-unsaturated/α-hetero) is 1. The maximum absolute atomic E-state index is 13.0. The number of carbonyl (C=O) groups is 1. The zero-order chi connectivity index (χ0) is 23.5. The summed E-state index contributed by atoms with van der Waals surface area (Å²) in [6, 6.07) is 12.0. The summed E-state index contributed by atoms with van der Waals surface area (Å²) in [6.45, 7) is 6.48. The van der Waals surface area contributed by atoms with Gasteiger partial charge in [-0.15, -0.1) is 0 Å². The predicted octanol–water partition coefficient (Wildman–Crippen LogP) is 4.96. The maximum atomic E-state index is 13.0. The van der Waals surface area contributed by atoms with Gasteiger partial charge in [-0.3, -0.25) is 9.78 Å². The van der Waals surface area contributed by atoms with Crippen LogP contribution in [0.4, 0.5) is 0 Å². The molecule has 3 aromatic heterocycles. The average molecular weight is 457 g/mol. The van der Waals surface area contributed by atoms with Gasteiger partial charge in [0, 0.05) is 59.8 Å². The third-order valence-electron chi connectivity index (χ3n) is 6.39. The van der Waals surface area contributed by atoms with Crippen molar-refractivity contribution in [3.8, 4) is 17.2 Å². The van der Waals surface area contributed by atoms with E-state index in [1.165, 1.54) is 6.39 Å². The highest BCUT2D eigenvalue weighted by Crippen LogP contribution is 2.25. The van der Waals surface area contributed by atoms with Gasteiger partial charge in [0.1, 0.15) is 6.10 Å². The number of oxazole rings is 1. The number of fused-ring (bicyclic) bond motifs is 1. The summed E-state index contributed by atoms with van der Waals surface area (Å²) >= 11 is 0. The van der Waals surface area contributed by atoms with Crippen LogP contribution in [0.1, 0.15) is 42.7 Å². The number of aromatic nitrogens is 3. The van der Waals surface area contributed by atoms with Crippen molar-refractivity contribution in [2.75, 3.05) is 13.1 Å². The van der Waals surface area contributed by atoms with E-state index in [9.17, 15) is 4.79 Å². The molecule has 0 amide bonds. The zero-order valence-electron chi connectivity index (χ0n) is 19.5. The molecule has 1 saturated heterocycles. The van der Waals surface area contributed by atoms with E-state index in [1.807, 2.05) is 24.3 Å². The standard InChI is InChI=1S/C27H28N4O3/c1-18(2)31-9-6-24(7-10-31)34-27-13-19(5-8-29-27)25(32)14-23-12-22-11-20(26-16-28-17-33-26)3-4-21(22)15-30-23/h3-5,8,11-13,15-18,24H,6-7,9-10,14H2,1-2H3. The van der Waals surface area contributed by atoms with E-state index in [0.717, 1.165) is 42.3 Å². The molecule has 0 bridgehead atoms. The minimum atomic E-state index is -0.0138. The lowest BCUT2D eigenvalue weighted by Gasteiger charge is -2.34. The van der Waals surface area contributed by atoms with Gasteiger partial charge in [0.2, 0.25) is 5.88 Å². The largest absolute Gasteiger partial charge is 0.474 e. The number of carbonyl (C=O) groups excluding carboxylic acids is 1. The average Bonchev–Trinajstić information content (AvgIpc) is 3.39. The van der Waals surface area contributed by atoms with E-state index in [2.05, 4.69) is 33.7 Å². The van der Waals surface area contributed by atoms with Gasteiger partial charge >= 0.3 is 0 Å². The molecule has 4 aromatic rings. The van der Waals surface area contributed by atoms with Crippen LogP contribution in [0.15, 0.2) is 65.8 Å². The highest BCUT2D eigenvalue weighted by molar-refractivity contribution is 5.98. The molecule has 4 heterocycles. The van der Waals surface area contributed by atoms with E-state index in [1.54, 1.807) is 30.7 Å². The molecule has 0 aliphatic carbocycles. The van der Waals surface area contributed by atoms with Crippen LogP contribution in [0.5, 0.6) is 5.88 Å². The monoisotopic (exact) mass is 456 g/mol. The summed E-state index contributed by atoms with van der Waals surface area (Å²) in [7, 11) is 0. The van der Waals surface area contributed by atoms with E-state index in [4.69, 9.17) is 9.15 Å². The molecule has 0 unspecified atom stereocenters. The number of piperidine rings is 1. The first kappa shape index (κ1) is 22.2. The fraction of sp³-hybridized carbons (Fsp3) is 0.333. The van der Waals surface area contributed by atoms with Gasteiger partial charge in [-0.1, -0.05) is 12.1 Å². The molecule has 0 N–H and O–H groups in total. The molecule has 1 fully saturated rings. The first-order chi connectivity index (χ1) is 16.5. The number of hydrogen-bond acceptors (Lipinski definition) is 7. The summed E-state index contributed by atoms with van der Waals surface area (Å²) in [5.74, 6) is 1.20. The number of hydrogen-bond donors (Lipinski definition) is 0. The van der Waals surface area contributed by atoms with Gasteiger partial charge in [0.05, 0.1) is 12.6 Å². The van der Waals surface area contributed by atoms with Crippen molar-refractivity contribution in [1.82, 2.24) is 19.9 Å². The summed E-state index contributed by atoms with van der Waals surface area (Å²) in [4.78, 5) is 28.3. The second-order valence-corrected chi connectivity index (χ2v) is 9.03. The Labute approximate surface area is 198 Å². The van der Waals surface area contributed by atoms with Crippen LogP contribution in [0.2, 0.25) is 0 Å². The fourth-order valence-corrected chi connectivity index (χ4v) is 4.39. The van der Waals surface area contributed by atoms with Crippen LogP contribution in [-0.2, 0) is 6.42 Å². The number of nitrogens with zero attached hydrogens (tertiary/aromatic N) is 4. The molecule has 174 valence electrons. The normalized spacial score (nSPS) is 15.1. The Balaban J connectivity index is 1.27. The van der Waals surface area contributed by atoms with Gasteiger partial charge in [-0.05, 0) is 50.3 Å². The summed E-state index contributed by atoms with van der Waals surface area (Å²) in [6.07, 6.45) is 8.81. The molecule has 0 spiro atoms. The number of likely N-dealkylation sites (tertiary alicyclic amines) is 1. The predicted molar refractivity (Wildman–Crippen MR) is 130 cm³/mol. The van der Waals surface area contributed by atoms with Crippen molar-refractivity contribution in [1.29, 1.82) is 0 Å².